The van der Waals surface area contributed by atoms with E-state index in [1.165, 1.54) is 6.42 Å². The summed E-state index contributed by atoms with van der Waals surface area (Å²) in [5.74, 6) is 0.607. The van der Waals surface area contributed by atoms with Crippen LogP contribution in [0.4, 0.5) is 0 Å². The van der Waals surface area contributed by atoms with Crippen LogP contribution in [0.5, 0.6) is 0 Å². The number of piperidine rings is 1. The molecule has 1 N–H and O–H groups in total. The van der Waals surface area contributed by atoms with Gasteiger partial charge >= 0.3 is 0 Å². The second-order valence-corrected chi connectivity index (χ2v) is 6.23. The average molecular weight is 346 g/mol. The van der Waals surface area contributed by atoms with Crippen molar-refractivity contribution in [3.8, 4) is 0 Å². The molecule has 1 unspecified atom stereocenters. The molecule has 2 rings (SSSR count). The minimum atomic E-state index is 0.0650. The van der Waals surface area contributed by atoms with E-state index in [2.05, 4.69) is 21.2 Å². The molecule has 1 aromatic rings. The van der Waals surface area contributed by atoms with E-state index in [9.17, 15) is 4.79 Å². The summed E-state index contributed by atoms with van der Waals surface area (Å²) in [5, 5.41) is 3.78. The first-order chi connectivity index (χ1) is 9.11. The standard InChI is InChI=1S/C14H18BrClN2O/c1-17-8-10-3-2-6-18(9-10)14(19)12-7-11(16)4-5-13(12)15/h4-5,7,10,17H,2-3,6,8-9H2,1H3. The van der Waals surface area contributed by atoms with E-state index in [4.69, 9.17) is 11.6 Å². The van der Waals surface area contributed by atoms with Crippen molar-refractivity contribution in [2.24, 2.45) is 5.92 Å². The fraction of sp³-hybridized carbons (Fsp3) is 0.500. The van der Waals surface area contributed by atoms with Crippen LogP contribution in [-0.2, 0) is 0 Å². The molecule has 0 saturated carbocycles. The highest BCUT2D eigenvalue weighted by Gasteiger charge is 2.25. The van der Waals surface area contributed by atoms with Crippen molar-refractivity contribution >= 4 is 33.4 Å². The highest BCUT2D eigenvalue weighted by atomic mass is 79.9. The number of amides is 1. The first-order valence-corrected chi connectivity index (χ1v) is 7.68. The molecule has 1 aliphatic rings. The summed E-state index contributed by atoms with van der Waals surface area (Å²) in [4.78, 5) is 14.5. The van der Waals surface area contributed by atoms with Gasteiger partial charge in [0.15, 0.2) is 0 Å². The summed E-state index contributed by atoms with van der Waals surface area (Å²) >= 11 is 9.40. The first-order valence-electron chi connectivity index (χ1n) is 6.50. The second kappa shape index (κ2) is 6.73. The van der Waals surface area contributed by atoms with Crippen molar-refractivity contribution in [3.05, 3.63) is 33.3 Å². The van der Waals surface area contributed by atoms with E-state index in [0.29, 0.717) is 16.5 Å². The number of likely N-dealkylation sites (tertiary alicyclic amines) is 1. The molecule has 1 aromatic carbocycles. The van der Waals surface area contributed by atoms with Crippen molar-refractivity contribution in [1.82, 2.24) is 10.2 Å². The molecule has 1 heterocycles. The Balaban J connectivity index is 2.12. The summed E-state index contributed by atoms with van der Waals surface area (Å²) in [6.45, 7) is 2.61. The average Bonchev–Trinajstić information content (AvgIpc) is 2.41. The minimum absolute atomic E-state index is 0.0650. The number of carbonyl (C=O) groups is 1. The quantitative estimate of drug-likeness (QED) is 0.912. The number of rotatable bonds is 3. The van der Waals surface area contributed by atoms with Crippen molar-refractivity contribution in [2.75, 3.05) is 26.7 Å². The summed E-state index contributed by atoms with van der Waals surface area (Å²) in [6.07, 6.45) is 2.25. The Kier molecular flexibility index (Phi) is 5.25. The largest absolute Gasteiger partial charge is 0.338 e. The Morgan fingerprint density at radius 1 is 1.58 bits per heavy atom. The molecule has 1 fully saturated rings. The Morgan fingerprint density at radius 3 is 3.11 bits per heavy atom. The fourth-order valence-electron chi connectivity index (χ4n) is 2.54. The highest BCUT2D eigenvalue weighted by Crippen LogP contribution is 2.25. The van der Waals surface area contributed by atoms with Crippen LogP contribution in [0.1, 0.15) is 23.2 Å². The number of hydrogen-bond acceptors (Lipinski definition) is 2. The maximum atomic E-state index is 12.5. The third-order valence-electron chi connectivity index (χ3n) is 3.46. The van der Waals surface area contributed by atoms with E-state index in [1.54, 1.807) is 12.1 Å². The number of nitrogens with one attached hydrogen (secondary N) is 1. The molecule has 1 atom stereocenters. The van der Waals surface area contributed by atoms with Crippen LogP contribution in [0.15, 0.2) is 22.7 Å². The Labute approximate surface area is 127 Å². The number of nitrogens with zero attached hydrogens (tertiary/aromatic N) is 1. The van der Waals surface area contributed by atoms with Gasteiger partial charge in [0, 0.05) is 22.6 Å². The van der Waals surface area contributed by atoms with Crippen LogP contribution in [0.3, 0.4) is 0 Å². The maximum absolute atomic E-state index is 12.5. The van der Waals surface area contributed by atoms with Gasteiger partial charge in [-0.05, 0) is 66.5 Å². The molecule has 1 aliphatic heterocycles. The van der Waals surface area contributed by atoms with Gasteiger partial charge in [-0.2, -0.15) is 0 Å². The number of hydrogen-bond donors (Lipinski definition) is 1. The monoisotopic (exact) mass is 344 g/mol. The summed E-state index contributed by atoms with van der Waals surface area (Å²) < 4.78 is 0.803. The van der Waals surface area contributed by atoms with E-state index >= 15 is 0 Å². The van der Waals surface area contributed by atoms with Gasteiger partial charge in [0.2, 0.25) is 0 Å². The van der Waals surface area contributed by atoms with Crippen LogP contribution in [0.25, 0.3) is 0 Å². The van der Waals surface area contributed by atoms with E-state index in [-0.39, 0.29) is 5.91 Å². The lowest BCUT2D eigenvalue weighted by Crippen LogP contribution is -2.42. The smallest absolute Gasteiger partial charge is 0.255 e. The molecule has 5 heteroatoms. The summed E-state index contributed by atoms with van der Waals surface area (Å²) in [7, 11) is 1.95. The van der Waals surface area contributed by atoms with Crippen LogP contribution in [-0.4, -0.2) is 37.5 Å². The lowest BCUT2D eigenvalue weighted by atomic mass is 9.97. The van der Waals surface area contributed by atoms with Crippen LogP contribution in [0, 0.1) is 5.92 Å². The highest BCUT2D eigenvalue weighted by molar-refractivity contribution is 9.10. The summed E-state index contributed by atoms with van der Waals surface area (Å²) in [6, 6.07) is 5.34. The SMILES string of the molecule is CNCC1CCCN(C(=O)c2cc(Cl)ccc2Br)C1. The van der Waals surface area contributed by atoms with Crippen LogP contribution >= 0.6 is 27.5 Å². The molecule has 0 aromatic heterocycles. The van der Waals surface area contributed by atoms with Gasteiger partial charge in [0.05, 0.1) is 5.56 Å². The zero-order valence-electron chi connectivity index (χ0n) is 11.0. The first kappa shape index (κ1) is 14.8. The number of halogens is 2. The minimum Gasteiger partial charge on any atom is -0.338 e. The molecule has 0 spiro atoms. The van der Waals surface area contributed by atoms with Gasteiger partial charge in [-0.3, -0.25) is 4.79 Å². The second-order valence-electron chi connectivity index (χ2n) is 4.94. The zero-order valence-corrected chi connectivity index (χ0v) is 13.3. The van der Waals surface area contributed by atoms with Gasteiger partial charge in [-0.1, -0.05) is 11.6 Å². The number of carbonyl (C=O) groups excluding carboxylic acids is 1. The van der Waals surface area contributed by atoms with Gasteiger partial charge in [-0.15, -0.1) is 0 Å². The lowest BCUT2D eigenvalue weighted by Gasteiger charge is -2.33. The van der Waals surface area contributed by atoms with E-state index in [0.717, 1.165) is 30.5 Å². The molecule has 0 aliphatic carbocycles. The third-order valence-corrected chi connectivity index (χ3v) is 4.38. The van der Waals surface area contributed by atoms with Crippen molar-refractivity contribution < 1.29 is 4.79 Å². The molecule has 19 heavy (non-hydrogen) atoms. The Bertz CT molecular complexity index is 465. The molecule has 0 radical (unpaired) electrons. The molecule has 104 valence electrons. The molecular weight excluding hydrogens is 328 g/mol. The number of benzene rings is 1. The van der Waals surface area contributed by atoms with Gasteiger partial charge < -0.3 is 10.2 Å². The Morgan fingerprint density at radius 2 is 2.37 bits per heavy atom. The molecule has 3 nitrogen and oxygen atoms in total. The summed E-state index contributed by atoms with van der Waals surface area (Å²) in [5.41, 5.74) is 0.651. The topological polar surface area (TPSA) is 32.3 Å². The lowest BCUT2D eigenvalue weighted by molar-refractivity contribution is 0.0673. The van der Waals surface area contributed by atoms with E-state index < -0.39 is 0 Å². The third kappa shape index (κ3) is 3.71. The fourth-order valence-corrected chi connectivity index (χ4v) is 3.12. The maximum Gasteiger partial charge on any atom is 0.255 e. The van der Waals surface area contributed by atoms with Gasteiger partial charge in [0.1, 0.15) is 0 Å². The van der Waals surface area contributed by atoms with Gasteiger partial charge in [-0.25, -0.2) is 0 Å². The molecule has 0 bridgehead atoms. The predicted molar refractivity (Wildman–Crippen MR) is 81.7 cm³/mol. The Hall–Kier alpha value is -0.580. The normalized spacial score (nSPS) is 19.5. The van der Waals surface area contributed by atoms with Gasteiger partial charge in [0.25, 0.3) is 5.91 Å². The van der Waals surface area contributed by atoms with Crippen molar-refractivity contribution in [1.29, 1.82) is 0 Å². The van der Waals surface area contributed by atoms with Crippen LogP contribution < -0.4 is 5.32 Å². The molecule has 1 saturated heterocycles. The van der Waals surface area contributed by atoms with E-state index in [1.807, 2.05) is 18.0 Å². The molecule has 1 amide bonds. The molecular formula is C14H18BrClN2O. The zero-order chi connectivity index (χ0) is 13.8. The predicted octanol–water partition coefficient (Wildman–Crippen LogP) is 3.17. The van der Waals surface area contributed by atoms with Crippen LogP contribution in [0.2, 0.25) is 5.02 Å². The van der Waals surface area contributed by atoms with Crippen molar-refractivity contribution in [3.63, 3.8) is 0 Å². The van der Waals surface area contributed by atoms with Crippen molar-refractivity contribution in [2.45, 2.75) is 12.8 Å².